The minimum Gasteiger partial charge on any atom is -0.464 e. The van der Waals surface area contributed by atoms with Crippen LogP contribution in [-0.2, 0) is 17.5 Å². The highest BCUT2D eigenvalue weighted by Crippen LogP contribution is 2.30. The summed E-state index contributed by atoms with van der Waals surface area (Å²) in [4.78, 5) is 29.5. The van der Waals surface area contributed by atoms with Gasteiger partial charge < -0.3 is 19.4 Å². The second kappa shape index (κ2) is 9.94. The molecule has 0 saturated carbocycles. The second-order valence-electron chi connectivity index (χ2n) is 6.26. The Morgan fingerprint density at radius 1 is 1.28 bits per heavy atom. The molecule has 0 atom stereocenters. The Morgan fingerprint density at radius 3 is 2.69 bits per heavy atom. The monoisotopic (exact) mass is 413 g/mol. The van der Waals surface area contributed by atoms with Gasteiger partial charge in [-0.25, -0.2) is 14.6 Å². The quantitative estimate of drug-likeness (QED) is 0.501. The van der Waals surface area contributed by atoms with E-state index in [-0.39, 0.29) is 23.8 Å². The first-order chi connectivity index (χ1) is 13.7. The fraction of sp³-hybridized carbons (Fsp3) is 0.421. The van der Waals surface area contributed by atoms with Gasteiger partial charge in [-0.05, 0) is 24.6 Å². The highest BCUT2D eigenvalue weighted by Gasteiger charge is 2.30. The van der Waals surface area contributed by atoms with Crippen LogP contribution in [-0.4, -0.2) is 35.5 Å². The molecule has 2 rings (SSSR count). The van der Waals surface area contributed by atoms with Crippen LogP contribution >= 0.6 is 0 Å². The fourth-order valence-corrected chi connectivity index (χ4v) is 2.53. The zero-order valence-electron chi connectivity index (χ0n) is 16.1. The third-order valence-corrected chi connectivity index (χ3v) is 4.03. The van der Waals surface area contributed by atoms with Crippen molar-refractivity contribution in [2.24, 2.45) is 0 Å². The minimum atomic E-state index is -4.51. The molecule has 1 heterocycles. The molecule has 0 radical (unpaired) electrons. The maximum atomic E-state index is 12.9. The summed E-state index contributed by atoms with van der Waals surface area (Å²) >= 11 is 0. The number of amides is 2. The number of carbonyl (C=O) groups excluding carboxylic acids is 2. The van der Waals surface area contributed by atoms with E-state index < -0.39 is 23.7 Å². The smallest absolute Gasteiger partial charge is 0.416 e. The minimum absolute atomic E-state index is 0.0213. The molecule has 0 fully saturated rings. The molecule has 1 aromatic heterocycles. The summed E-state index contributed by atoms with van der Waals surface area (Å²) in [6, 6.07) is 3.78. The van der Waals surface area contributed by atoms with E-state index in [4.69, 9.17) is 4.42 Å². The molecule has 0 aliphatic rings. The van der Waals surface area contributed by atoms with Crippen LogP contribution in [0.15, 0.2) is 34.9 Å². The molecule has 0 saturated heterocycles. The maximum Gasteiger partial charge on any atom is 0.416 e. The number of hydrogen-bond acceptors (Lipinski definition) is 5. The van der Waals surface area contributed by atoms with Gasteiger partial charge in [0.15, 0.2) is 5.69 Å². The Hall–Kier alpha value is -3.04. The van der Waals surface area contributed by atoms with E-state index in [1.165, 1.54) is 24.1 Å². The number of halogens is 3. The lowest BCUT2D eigenvalue weighted by molar-refractivity contribution is -0.137. The van der Waals surface area contributed by atoms with Gasteiger partial charge in [-0.1, -0.05) is 25.8 Å². The van der Waals surface area contributed by atoms with Crippen LogP contribution in [0.4, 0.5) is 23.7 Å². The normalized spacial score (nSPS) is 11.2. The molecule has 158 valence electrons. The van der Waals surface area contributed by atoms with Gasteiger partial charge in [0.1, 0.15) is 6.26 Å². The van der Waals surface area contributed by atoms with Crippen molar-refractivity contribution in [3.8, 4) is 0 Å². The van der Waals surface area contributed by atoms with Gasteiger partial charge in [0.2, 0.25) is 5.89 Å². The maximum absolute atomic E-state index is 12.9. The first-order valence-corrected chi connectivity index (χ1v) is 9.00. The Bertz CT molecular complexity index is 836. The lowest BCUT2D eigenvalue weighted by Crippen LogP contribution is -2.35. The molecule has 0 bridgehead atoms. The molecule has 0 aliphatic heterocycles. The van der Waals surface area contributed by atoms with Crippen molar-refractivity contribution in [2.45, 2.75) is 38.9 Å². The predicted octanol–water partition coefficient (Wildman–Crippen LogP) is 4.70. The standard InChI is InChI=1S/C19H22F3N3O4/c1-3-4-5-9-25(11-16-24-15(12-29-16)17(26)28-2)18(27)23-14-8-6-7-13(10-14)19(20,21)22/h6-8,10,12H,3-5,9,11H2,1-2H3,(H,23,27). The van der Waals surface area contributed by atoms with Crippen molar-refractivity contribution in [3.05, 3.63) is 47.7 Å². The van der Waals surface area contributed by atoms with Gasteiger partial charge in [-0.15, -0.1) is 0 Å². The highest BCUT2D eigenvalue weighted by molar-refractivity contribution is 5.89. The number of nitrogens with zero attached hydrogens (tertiary/aromatic N) is 2. The number of rotatable bonds is 8. The predicted molar refractivity (Wildman–Crippen MR) is 98.2 cm³/mol. The largest absolute Gasteiger partial charge is 0.464 e. The number of nitrogens with one attached hydrogen (secondary N) is 1. The van der Waals surface area contributed by atoms with E-state index in [1.807, 2.05) is 6.92 Å². The van der Waals surface area contributed by atoms with Crippen LogP contribution in [0, 0.1) is 0 Å². The van der Waals surface area contributed by atoms with Gasteiger partial charge in [-0.3, -0.25) is 0 Å². The van der Waals surface area contributed by atoms with Gasteiger partial charge in [0.05, 0.1) is 19.2 Å². The number of carbonyl (C=O) groups is 2. The fourth-order valence-electron chi connectivity index (χ4n) is 2.53. The Kier molecular flexibility index (Phi) is 7.63. The summed E-state index contributed by atoms with van der Waals surface area (Å²) in [5.41, 5.74) is -0.870. The molecular formula is C19H22F3N3O4. The van der Waals surface area contributed by atoms with Crippen LogP contribution in [0.3, 0.4) is 0 Å². The van der Waals surface area contributed by atoms with Crippen molar-refractivity contribution in [3.63, 3.8) is 0 Å². The van der Waals surface area contributed by atoms with E-state index in [0.717, 1.165) is 31.2 Å². The number of unbranched alkanes of at least 4 members (excludes halogenated alkanes) is 2. The van der Waals surface area contributed by atoms with E-state index in [2.05, 4.69) is 15.0 Å². The lowest BCUT2D eigenvalue weighted by atomic mass is 10.2. The molecule has 2 amide bonds. The number of anilines is 1. The van der Waals surface area contributed by atoms with Gasteiger partial charge >= 0.3 is 18.2 Å². The topological polar surface area (TPSA) is 84.7 Å². The molecular weight excluding hydrogens is 391 g/mol. The van der Waals surface area contributed by atoms with E-state index in [0.29, 0.717) is 13.0 Å². The second-order valence-corrected chi connectivity index (χ2v) is 6.26. The van der Waals surface area contributed by atoms with Crippen molar-refractivity contribution in [1.29, 1.82) is 0 Å². The average Bonchev–Trinajstić information content (AvgIpc) is 3.15. The van der Waals surface area contributed by atoms with Gasteiger partial charge in [0, 0.05) is 12.2 Å². The summed E-state index contributed by atoms with van der Waals surface area (Å²) in [5, 5.41) is 2.47. The Balaban J connectivity index is 2.13. The molecule has 2 aromatic rings. The molecule has 1 aromatic carbocycles. The molecule has 29 heavy (non-hydrogen) atoms. The third-order valence-electron chi connectivity index (χ3n) is 4.03. The first-order valence-electron chi connectivity index (χ1n) is 9.00. The lowest BCUT2D eigenvalue weighted by Gasteiger charge is -2.22. The number of benzene rings is 1. The first kappa shape index (κ1) is 22.3. The van der Waals surface area contributed by atoms with Crippen molar-refractivity contribution >= 4 is 17.7 Å². The molecule has 0 aliphatic carbocycles. The summed E-state index contributed by atoms with van der Waals surface area (Å²) in [5.74, 6) is -0.563. The van der Waals surface area contributed by atoms with Gasteiger partial charge in [-0.2, -0.15) is 13.2 Å². The van der Waals surface area contributed by atoms with Crippen molar-refractivity contribution in [2.75, 3.05) is 19.0 Å². The Labute approximate surface area is 165 Å². The molecule has 0 spiro atoms. The SMILES string of the molecule is CCCCCN(Cc1nc(C(=O)OC)co1)C(=O)Nc1cccc(C(F)(F)F)c1. The number of alkyl halides is 3. The number of hydrogen-bond donors (Lipinski definition) is 1. The van der Waals surface area contributed by atoms with E-state index in [1.54, 1.807) is 0 Å². The Morgan fingerprint density at radius 2 is 2.03 bits per heavy atom. The number of aromatic nitrogens is 1. The molecule has 7 nitrogen and oxygen atoms in total. The molecule has 0 unspecified atom stereocenters. The average molecular weight is 413 g/mol. The third kappa shape index (κ3) is 6.51. The molecule has 1 N–H and O–H groups in total. The summed E-state index contributed by atoms with van der Waals surface area (Å²) < 4.78 is 48.4. The van der Waals surface area contributed by atoms with Crippen LogP contribution < -0.4 is 5.32 Å². The number of ether oxygens (including phenoxy) is 1. The van der Waals surface area contributed by atoms with E-state index in [9.17, 15) is 22.8 Å². The molecule has 10 heteroatoms. The van der Waals surface area contributed by atoms with Crippen LogP contribution in [0.25, 0.3) is 0 Å². The zero-order valence-corrected chi connectivity index (χ0v) is 16.1. The summed E-state index contributed by atoms with van der Waals surface area (Å²) in [6.07, 6.45) is -0.905. The number of oxazole rings is 1. The van der Waals surface area contributed by atoms with Crippen LogP contribution in [0.5, 0.6) is 0 Å². The van der Waals surface area contributed by atoms with Crippen LogP contribution in [0.1, 0.15) is 48.1 Å². The van der Waals surface area contributed by atoms with Gasteiger partial charge in [0.25, 0.3) is 0 Å². The van der Waals surface area contributed by atoms with Crippen LogP contribution in [0.2, 0.25) is 0 Å². The van der Waals surface area contributed by atoms with Crippen molar-refractivity contribution in [1.82, 2.24) is 9.88 Å². The number of esters is 1. The summed E-state index contributed by atoms with van der Waals surface area (Å²) in [6.45, 7) is 2.30. The summed E-state index contributed by atoms with van der Waals surface area (Å²) in [7, 11) is 1.20. The van der Waals surface area contributed by atoms with E-state index >= 15 is 0 Å². The van der Waals surface area contributed by atoms with Crippen molar-refractivity contribution < 1.29 is 31.9 Å². The zero-order chi connectivity index (χ0) is 21.4. The number of methoxy groups -OCH3 is 1. The number of urea groups is 1. The highest BCUT2D eigenvalue weighted by atomic mass is 19.4.